The van der Waals surface area contributed by atoms with E-state index < -0.39 is 12.1 Å². The second-order valence-corrected chi connectivity index (χ2v) is 9.50. The van der Waals surface area contributed by atoms with E-state index in [0.717, 1.165) is 12.8 Å². The number of carbonyl (C=O) groups excluding carboxylic acids is 2. The summed E-state index contributed by atoms with van der Waals surface area (Å²) in [4.78, 5) is 34.4. The Morgan fingerprint density at radius 1 is 1.30 bits per heavy atom. The zero-order valence-corrected chi connectivity index (χ0v) is 21.7. The van der Waals surface area contributed by atoms with Crippen LogP contribution in [0.1, 0.15) is 59.9 Å². The van der Waals surface area contributed by atoms with Crippen molar-refractivity contribution in [2.75, 3.05) is 33.5 Å². The van der Waals surface area contributed by atoms with Gasteiger partial charge in [-0.1, -0.05) is 25.7 Å². The van der Waals surface area contributed by atoms with Gasteiger partial charge in [0.2, 0.25) is 12.7 Å². The third kappa shape index (κ3) is 5.81. The number of hydrogen-bond acceptors (Lipinski definition) is 7. The highest BCUT2D eigenvalue weighted by molar-refractivity contribution is 5.97. The fourth-order valence-electron chi connectivity index (χ4n) is 4.28. The molecule has 0 saturated carbocycles. The van der Waals surface area contributed by atoms with Crippen molar-refractivity contribution in [3.63, 3.8) is 0 Å². The minimum Gasteiger partial charge on any atom is -0.472 e. The highest BCUT2D eigenvalue weighted by atomic mass is 16.7. The molecule has 1 aromatic carbocycles. The minimum atomic E-state index is -0.451. The average Bonchev–Trinajstić information content (AvgIpc) is 3.38. The molecule has 0 radical (unpaired) electrons. The quantitative estimate of drug-likeness (QED) is 0.600. The Labute approximate surface area is 217 Å². The summed E-state index contributed by atoms with van der Waals surface area (Å²) in [7, 11) is 1.71. The van der Waals surface area contributed by atoms with E-state index in [9.17, 15) is 14.7 Å². The first-order chi connectivity index (χ1) is 17.8. The van der Waals surface area contributed by atoms with Crippen LogP contribution in [0, 0.1) is 17.8 Å². The van der Waals surface area contributed by atoms with Crippen molar-refractivity contribution < 1.29 is 28.9 Å². The molecule has 0 fully saturated rings. The summed E-state index contributed by atoms with van der Waals surface area (Å²) in [6, 6.07) is 6.39. The maximum absolute atomic E-state index is 13.5. The fourth-order valence-corrected chi connectivity index (χ4v) is 4.28. The fraction of sp³-hybridized carbons (Fsp3) is 0.464. The predicted molar refractivity (Wildman–Crippen MR) is 137 cm³/mol. The molecule has 37 heavy (non-hydrogen) atoms. The zero-order valence-electron chi connectivity index (χ0n) is 21.7. The number of pyridine rings is 1. The topological polar surface area (TPSA) is 101 Å². The van der Waals surface area contributed by atoms with Gasteiger partial charge in [0, 0.05) is 43.3 Å². The number of unbranched alkanes of at least 4 members (excludes halogenated alkanes) is 1. The third-order valence-electron chi connectivity index (χ3n) is 6.55. The number of benzene rings is 1. The van der Waals surface area contributed by atoms with Crippen molar-refractivity contribution in [1.82, 2.24) is 14.8 Å². The van der Waals surface area contributed by atoms with Crippen molar-refractivity contribution in [3.05, 3.63) is 47.2 Å². The first-order valence-corrected chi connectivity index (χ1v) is 12.5. The summed E-state index contributed by atoms with van der Waals surface area (Å²) >= 11 is 0. The van der Waals surface area contributed by atoms with E-state index >= 15 is 0 Å². The molecule has 0 spiro atoms. The lowest BCUT2D eigenvalue weighted by atomic mass is 9.99. The normalized spacial score (nSPS) is 19.1. The Morgan fingerprint density at radius 3 is 2.84 bits per heavy atom. The third-order valence-corrected chi connectivity index (χ3v) is 6.55. The number of rotatable bonds is 6. The Kier molecular flexibility index (Phi) is 8.19. The lowest BCUT2D eigenvalue weighted by Crippen LogP contribution is -2.50. The molecule has 2 amide bonds. The van der Waals surface area contributed by atoms with Gasteiger partial charge in [0.1, 0.15) is 11.7 Å². The van der Waals surface area contributed by atoms with Gasteiger partial charge in [0.05, 0.1) is 19.2 Å². The predicted octanol–water partition coefficient (Wildman–Crippen LogP) is 2.95. The summed E-state index contributed by atoms with van der Waals surface area (Å²) in [5.74, 6) is 6.87. The minimum absolute atomic E-state index is 0.135. The molecule has 0 saturated heterocycles. The van der Waals surface area contributed by atoms with Gasteiger partial charge < -0.3 is 29.1 Å². The molecule has 0 aliphatic carbocycles. The number of aliphatic hydroxyl groups is 1. The smallest absolute Gasteiger partial charge is 0.259 e. The van der Waals surface area contributed by atoms with Crippen LogP contribution in [0.3, 0.4) is 0 Å². The van der Waals surface area contributed by atoms with Crippen LogP contribution in [0.25, 0.3) is 0 Å². The number of fused-ring (bicyclic) bond motifs is 2. The van der Waals surface area contributed by atoms with E-state index in [2.05, 4.69) is 23.7 Å². The summed E-state index contributed by atoms with van der Waals surface area (Å²) in [6.07, 6.45) is 2.83. The van der Waals surface area contributed by atoms with Crippen LogP contribution >= 0.6 is 0 Å². The van der Waals surface area contributed by atoms with Gasteiger partial charge in [-0.2, -0.15) is 0 Å². The van der Waals surface area contributed by atoms with Gasteiger partial charge in [0.25, 0.3) is 11.8 Å². The summed E-state index contributed by atoms with van der Waals surface area (Å²) < 4.78 is 17.0. The second kappa shape index (κ2) is 11.5. The Morgan fingerprint density at radius 2 is 2.08 bits per heavy atom. The molecule has 2 aliphatic heterocycles. The summed E-state index contributed by atoms with van der Waals surface area (Å²) in [5, 5.41) is 9.84. The molecule has 2 aromatic rings. The molecule has 9 nitrogen and oxygen atoms in total. The number of ether oxygens (including phenoxy) is 3. The molecular formula is C28H33N3O6. The van der Waals surface area contributed by atoms with Crippen LogP contribution in [0.4, 0.5) is 0 Å². The largest absolute Gasteiger partial charge is 0.472 e. The zero-order chi connectivity index (χ0) is 26.5. The molecule has 9 heteroatoms. The number of carbonyl (C=O) groups is 2. The van der Waals surface area contributed by atoms with Gasteiger partial charge in [-0.15, -0.1) is 0 Å². The maximum atomic E-state index is 13.5. The number of aliphatic hydroxyl groups excluding tert-OH is 1. The van der Waals surface area contributed by atoms with Gasteiger partial charge in [0.15, 0.2) is 11.5 Å². The highest BCUT2D eigenvalue weighted by Gasteiger charge is 2.35. The second-order valence-electron chi connectivity index (χ2n) is 9.50. The lowest BCUT2D eigenvalue weighted by molar-refractivity contribution is 0.0313. The van der Waals surface area contributed by atoms with Crippen molar-refractivity contribution in [1.29, 1.82) is 0 Å². The number of hydrogen-bond donors (Lipinski definition) is 1. The Hall–Kier alpha value is -3.77. The first kappa shape index (κ1) is 26.3. The van der Waals surface area contributed by atoms with E-state index in [1.165, 1.54) is 0 Å². The molecule has 196 valence electrons. The Bertz CT molecular complexity index is 1220. The van der Waals surface area contributed by atoms with Gasteiger partial charge in [-0.25, -0.2) is 4.98 Å². The van der Waals surface area contributed by atoms with Gasteiger partial charge >= 0.3 is 0 Å². The van der Waals surface area contributed by atoms with E-state index in [4.69, 9.17) is 14.2 Å². The Balaban J connectivity index is 1.61. The van der Waals surface area contributed by atoms with E-state index in [1.54, 1.807) is 54.2 Å². The van der Waals surface area contributed by atoms with Crippen LogP contribution in [0.5, 0.6) is 17.4 Å². The van der Waals surface area contributed by atoms with Gasteiger partial charge in [-0.05, 0) is 37.6 Å². The SMILES string of the molecule is CCCC#Cc1cnc2c(c1)C(=O)N([C@H](C)CO)C[C@@H](C)[C@H](CN(C)C(=O)c1ccc3c(c1)OCO3)O2. The summed E-state index contributed by atoms with van der Waals surface area (Å²) in [5.41, 5.74) is 1.40. The van der Waals surface area contributed by atoms with E-state index in [0.29, 0.717) is 34.7 Å². The number of likely N-dealkylation sites (N-methyl/N-ethyl adjacent to an activating group) is 1. The monoisotopic (exact) mass is 507 g/mol. The lowest BCUT2D eigenvalue weighted by Gasteiger charge is -2.37. The molecule has 2 aliphatic rings. The van der Waals surface area contributed by atoms with Gasteiger partial charge in [-0.3, -0.25) is 9.59 Å². The van der Waals surface area contributed by atoms with E-state index in [1.807, 2.05) is 6.92 Å². The van der Waals surface area contributed by atoms with Crippen LogP contribution in [0.15, 0.2) is 30.5 Å². The molecule has 0 bridgehead atoms. The molecule has 1 aromatic heterocycles. The number of aromatic nitrogens is 1. The van der Waals surface area contributed by atoms with Crippen LogP contribution in [0.2, 0.25) is 0 Å². The molecule has 3 heterocycles. The van der Waals surface area contributed by atoms with Crippen molar-refractivity contribution in [3.8, 4) is 29.2 Å². The van der Waals surface area contributed by atoms with Crippen molar-refractivity contribution >= 4 is 11.8 Å². The van der Waals surface area contributed by atoms with E-state index in [-0.39, 0.29) is 43.6 Å². The van der Waals surface area contributed by atoms with Crippen LogP contribution in [-0.2, 0) is 0 Å². The average molecular weight is 508 g/mol. The highest BCUT2D eigenvalue weighted by Crippen LogP contribution is 2.33. The molecule has 3 atom stereocenters. The molecular weight excluding hydrogens is 474 g/mol. The molecule has 1 N–H and O–H groups in total. The maximum Gasteiger partial charge on any atom is 0.259 e. The first-order valence-electron chi connectivity index (χ1n) is 12.5. The number of nitrogens with zero attached hydrogens (tertiary/aromatic N) is 3. The molecule has 0 unspecified atom stereocenters. The van der Waals surface area contributed by atoms with Crippen LogP contribution < -0.4 is 14.2 Å². The standard InChI is InChI=1S/C28H33N3O6/c1-5-6-7-8-20-11-22-26(29-13-20)37-25(18(2)14-31(28(22)34)19(3)16-32)15-30(4)27(33)21-9-10-23-24(12-21)36-17-35-23/h9-13,18-19,25,32H,5-6,14-17H2,1-4H3/t18-,19-,25+/m1/s1. The molecule has 4 rings (SSSR count). The summed E-state index contributed by atoms with van der Waals surface area (Å²) in [6.45, 7) is 6.39. The van der Waals surface area contributed by atoms with Crippen molar-refractivity contribution in [2.45, 2.75) is 45.8 Å². The van der Waals surface area contributed by atoms with Crippen molar-refractivity contribution in [2.24, 2.45) is 5.92 Å². The number of amides is 2. The van der Waals surface area contributed by atoms with Crippen LogP contribution in [-0.4, -0.2) is 77.4 Å².